The lowest BCUT2D eigenvalue weighted by atomic mass is 10.2. The number of anilines is 1. The molecule has 1 unspecified atom stereocenters. The first-order valence-corrected chi connectivity index (χ1v) is 5.50. The zero-order valence-corrected chi connectivity index (χ0v) is 9.70. The summed E-state index contributed by atoms with van der Waals surface area (Å²) < 4.78 is 5.14. The van der Waals surface area contributed by atoms with E-state index < -0.39 is 17.9 Å². The van der Waals surface area contributed by atoms with Crippen LogP contribution in [0.5, 0.6) is 0 Å². The SMILES string of the molecule is NC(=O)C1COCCN1C(=O)c1ncccc1N. The van der Waals surface area contributed by atoms with Crippen molar-refractivity contribution in [2.45, 2.75) is 6.04 Å². The van der Waals surface area contributed by atoms with Crippen LogP contribution in [0.15, 0.2) is 18.3 Å². The van der Waals surface area contributed by atoms with Gasteiger partial charge in [-0.2, -0.15) is 0 Å². The summed E-state index contributed by atoms with van der Waals surface area (Å²) in [6.45, 7) is 0.762. The average molecular weight is 250 g/mol. The molecule has 0 bridgehead atoms. The van der Waals surface area contributed by atoms with Gasteiger partial charge in [-0.1, -0.05) is 0 Å². The predicted octanol–water partition coefficient (Wildman–Crippen LogP) is -1.01. The van der Waals surface area contributed by atoms with Gasteiger partial charge in [0.2, 0.25) is 5.91 Å². The summed E-state index contributed by atoms with van der Waals surface area (Å²) in [5.41, 5.74) is 11.3. The lowest BCUT2D eigenvalue weighted by Crippen LogP contribution is -2.55. The van der Waals surface area contributed by atoms with Crippen LogP contribution in [0.3, 0.4) is 0 Å². The number of hydrogen-bond acceptors (Lipinski definition) is 5. The van der Waals surface area contributed by atoms with Crippen LogP contribution in [-0.4, -0.2) is 47.5 Å². The molecule has 7 heteroatoms. The second-order valence-corrected chi connectivity index (χ2v) is 3.93. The number of amides is 2. The molecule has 2 amide bonds. The Morgan fingerprint density at radius 1 is 1.50 bits per heavy atom. The Labute approximate surface area is 104 Å². The van der Waals surface area contributed by atoms with Crippen LogP contribution >= 0.6 is 0 Å². The maximum atomic E-state index is 12.3. The minimum atomic E-state index is -0.771. The van der Waals surface area contributed by atoms with Gasteiger partial charge in [0, 0.05) is 12.7 Å². The summed E-state index contributed by atoms with van der Waals surface area (Å²) in [6.07, 6.45) is 1.48. The van der Waals surface area contributed by atoms with Crippen molar-refractivity contribution in [2.24, 2.45) is 5.73 Å². The van der Waals surface area contributed by atoms with E-state index in [1.165, 1.54) is 11.1 Å². The lowest BCUT2D eigenvalue weighted by molar-refractivity contribution is -0.127. The molecule has 0 spiro atoms. The molecule has 18 heavy (non-hydrogen) atoms. The number of nitrogens with zero attached hydrogens (tertiary/aromatic N) is 2. The van der Waals surface area contributed by atoms with Crippen molar-refractivity contribution in [2.75, 3.05) is 25.5 Å². The maximum absolute atomic E-state index is 12.3. The molecule has 4 N–H and O–H groups in total. The molecule has 1 aliphatic rings. The summed E-state index contributed by atoms with van der Waals surface area (Å²) in [5, 5.41) is 0. The fraction of sp³-hybridized carbons (Fsp3) is 0.364. The highest BCUT2D eigenvalue weighted by molar-refractivity contribution is 5.99. The summed E-state index contributed by atoms with van der Waals surface area (Å²) in [4.78, 5) is 28.8. The van der Waals surface area contributed by atoms with Gasteiger partial charge >= 0.3 is 0 Å². The molecule has 0 saturated carbocycles. The minimum Gasteiger partial charge on any atom is -0.397 e. The van der Waals surface area contributed by atoms with Crippen molar-refractivity contribution in [3.63, 3.8) is 0 Å². The molecule has 96 valence electrons. The smallest absolute Gasteiger partial charge is 0.275 e. The van der Waals surface area contributed by atoms with E-state index in [1.807, 2.05) is 0 Å². The Morgan fingerprint density at radius 2 is 2.28 bits per heavy atom. The average Bonchev–Trinajstić information content (AvgIpc) is 2.38. The molecule has 1 atom stereocenters. The fourth-order valence-electron chi connectivity index (χ4n) is 1.81. The van der Waals surface area contributed by atoms with Crippen LogP contribution in [0.4, 0.5) is 5.69 Å². The van der Waals surface area contributed by atoms with Crippen molar-refractivity contribution in [3.05, 3.63) is 24.0 Å². The van der Waals surface area contributed by atoms with Gasteiger partial charge in [0.1, 0.15) is 6.04 Å². The molecule has 7 nitrogen and oxygen atoms in total. The van der Waals surface area contributed by atoms with E-state index in [1.54, 1.807) is 12.1 Å². The van der Waals surface area contributed by atoms with Gasteiger partial charge < -0.3 is 21.1 Å². The van der Waals surface area contributed by atoms with E-state index in [4.69, 9.17) is 16.2 Å². The molecule has 1 saturated heterocycles. The first-order valence-electron chi connectivity index (χ1n) is 5.50. The van der Waals surface area contributed by atoms with Crippen LogP contribution in [0, 0.1) is 0 Å². The van der Waals surface area contributed by atoms with Crippen molar-refractivity contribution in [3.8, 4) is 0 Å². The van der Waals surface area contributed by atoms with Crippen LogP contribution in [0.25, 0.3) is 0 Å². The Kier molecular flexibility index (Phi) is 3.42. The van der Waals surface area contributed by atoms with Gasteiger partial charge in [0.25, 0.3) is 5.91 Å². The number of ether oxygens (including phenoxy) is 1. The summed E-state index contributed by atoms with van der Waals surface area (Å²) in [5.74, 6) is -1.00. The molecule has 1 aromatic rings. The maximum Gasteiger partial charge on any atom is 0.275 e. The van der Waals surface area contributed by atoms with Crippen molar-refractivity contribution >= 4 is 17.5 Å². The third-order valence-corrected chi connectivity index (χ3v) is 2.76. The van der Waals surface area contributed by atoms with E-state index >= 15 is 0 Å². The topological polar surface area (TPSA) is 112 Å². The highest BCUT2D eigenvalue weighted by Gasteiger charge is 2.33. The number of primary amides is 1. The molecule has 1 aliphatic heterocycles. The monoisotopic (exact) mass is 250 g/mol. The zero-order chi connectivity index (χ0) is 13.1. The Balaban J connectivity index is 2.27. The number of carbonyl (C=O) groups excluding carboxylic acids is 2. The predicted molar refractivity (Wildman–Crippen MR) is 63.5 cm³/mol. The quantitative estimate of drug-likeness (QED) is 0.698. The van der Waals surface area contributed by atoms with Gasteiger partial charge in [-0.15, -0.1) is 0 Å². The number of aromatic nitrogens is 1. The fourth-order valence-corrected chi connectivity index (χ4v) is 1.81. The number of nitrogens with two attached hydrogens (primary N) is 2. The van der Waals surface area contributed by atoms with Crippen molar-refractivity contribution in [1.82, 2.24) is 9.88 Å². The van der Waals surface area contributed by atoms with E-state index in [0.29, 0.717) is 13.2 Å². The van der Waals surface area contributed by atoms with Crippen LogP contribution in [-0.2, 0) is 9.53 Å². The number of nitrogen functional groups attached to an aromatic ring is 1. The second kappa shape index (κ2) is 5.01. The Hall–Kier alpha value is -2.15. The highest BCUT2D eigenvalue weighted by atomic mass is 16.5. The largest absolute Gasteiger partial charge is 0.397 e. The minimum absolute atomic E-state index is 0.105. The first kappa shape index (κ1) is 12.3. The molecule has 2 heterocycles. The number of carbonyl (C=O) groups is 2. The molecule has 1 fully saturated rings. The van der Waals surface area contributed by atoms with Crippen molar-refractivity contribution in [1.29, 1.82) is 0 Å². The van der Waals surface area contributed by atoms with Gasteiger partial charge in [0.15, 0.2) is 5.69 Å². The van der Waals surface area contributed by atoms with E-state index in [2.05, 4.69) is 4.98 Å². The van der Waals surface area contributed by atoms with Gasteiger partial charge in [0.05, 0.1) is 18.9 Å². The third kappa shape index (κ3) is 2.25. The Morgan fingerprint density at radius 3 is 2.94 bits per heavy atom. The molecule has 2 rings (SSSR count). The molecule has 1 aromatic heterocycles. The number of pyridine rings is 1. The first-order chi connectivity index (χ1) is 8.61. The van der Waals surface area contributed by atoms with Crippen LogP contribution in [0.2, 0.25) is 0 Å². The summed E-state index contributed by atoms with van der Waals surface area (Å²) in [7, 11) is 0. The second-order valence-electron chi connectivity index (χ2n) is 3.93. The van der Waals surface area contributed by atoms with E-state index in [9.17, 15) is 9.59 Å². The molecule has 0 aliphatic carbocycles. The van der Waals surface area contributed by atoms with Gasteiger partial charge in [-0.3, -0.25) is 9.59 Å². The Bertz CT molecular complexity index is 477. The summed E-state index contributed by atoms with van der Waals surface area (Å²) in [6, 6.07) is 2.45. The van der Waals surface area contributed by atoms with Crippen molar-refractivity contribution < 1.29 is 14.3 Å². The third-order valence-electron chi connectivity index (χ3n) is 2.76. The van der Waals surface area contributed by atoms with E-state index in [0.717, 1.165) is 0 Å². The van der Waals surface area contributed by atoms with E-state index in [-0.39, 0.29) is 18.0 Å². The molecular weight excluding hydrogens is 236 g/mol. The molecule has 0 aromatic carbocycles. The number of morpholine rings is 1. The molecule has 0 radical (unpaired) electrons. The number of hydrogen-bond donors (Lipinski definition) is 2. The zero-order valence-electron chi connectivity index (χ0n) is 9.70. The van der Waals surface area contributed by atoms with Crippen LogP contribution in [0.1, 0.15) is 10.5 Å². The van der Waals surface area contributed by atoms with Crippen LogP contribution < -0.4 is 11.5 Å². The normalized spacial score (nSPS) is 19.6. The van der Waals surface area contributed by atoms with Gasteiger partial charge in [-0.05, 0) is 12.1 Å². The molecular formula is C11H14N4O3. The highest BCUT2D eigenvalue weighted by Crippen LogP contribution is 2.15. The lowest BCUT2D eigenvalue weighted by Gasteiger charge is -2.33. The summed E-state index contributed by atoms with van der Waals surface area (Å²) >= 11 is 0. The standard InChI is InChI=1S/C11H14N4O3/c12-7-2-1-3-14-9(7)11(17)15-4-5-18-6-8(15)10(13)16/h1-3,8H,4-6,12H2,(H2,13,16). The number of rotatable bonds is 2. The van der Waals surface area contributed by atoms with Gasteiger partial charge in [-0.25, -0.2) is 4.98 Å².